The Morgan fingerprint density at radius 3 is 2.67 bits per heavy atom. The molecule has 2 N–H and O–H groups in total. The van der Waals surface area contributed by atoms with Crippen LogP contribution in [0.3, 0.4) is 0 Å². The van der Waals surface area contributed by atoms with Crippen molar-refractivity contribution in [3.63, 3.8) is 0 Å². The fourth-order valence-electron chi connectivity index (χ4n) is 3.43. The lowest BCUT2D eigenvalue weighted by Gasteiger charge is -2.19. The molecule has 1 atom stereocenters. The van der Waals surface area contributed by atoms with Gasteiger partial charge in [0.05, 0.1) is 17.9 Å². The van der Waals surface area contributed by atoms with Crippen LogP contribution in [-0.2, 0) is 17.8 Å². The molecule has 4 rings (SSSR count). The SMILES string of the molecule is CC[C@@]1(C)CN(c2ccc(-c3ccc(CNCc4c[nH]nn4)cc3)c(F)c2)C(=O)O1. The van der Waals surface area contributed by atoms with E-state index < -0.39 is 11.7 Å². The molecule has 0 radical (unpaired) electrons. The van der Waals surface area contributed by atoms with Gasteiger partial charge < -0.3 is 10.1 Å². The molecule has 1 aliphatic heterocycles. The summed E-state index contributed by atoms with van der Waals surface area (Å²) in [5.41, 5.74) is 3.16. The van der Waals surface area contributed by atoms with Crippen LogP contribution in [-0.4, -0.2) is 33.6 Å². The van der Waals surface area contributed by atoms with E-state index in [0.29, 0.717) is 37.3 Å². The monoisotopic (exact) mass is 409 g/mol. The zero-order chi connectivity index (χ0) is 21.1. The van der Waals surface area contributed by atoms with Crippen LogP contribution in [0.2, 0.25) is 0 Å². The Morgan fingerprint density at radius 2 is 2.03 bits per heavy atom. The number of benzene rings is 2. The van der Waals surface area contributed by atoms with Gasteiger partial charge in [0.25, 0.3) is 0 Å². The van der Waals surface area contributed by atoms with Crippen molar-refractivity contribution in [3.8, 4) is 11.1 Å². The Morgan fingerprint density at radius 1 is 1.23 bits per heavy atom. The average Bonchev–Trinajstić information content (AvgIpc) is 3.36. The fraction of sp³-hybridized carbons (Fsp3) is 0.318. The van der Waals surface area contributed by atoms with Crippen LogP contribution in [0.5, 0.6) is 0 Å². The second kappa shape index (κ2) is 8.23. The summed E-state index contributed by atoms with van der Waals surface area (Å²) in [6.45, 7) is 5.55. The van der Waals surface area contributed by atoms with E-state index in [1.54, 1.807) is 18.3 Å². The number of rotatable bonds is 7. The summed E-state index contributed by atoms with van der Waals surface area (Å²) in [6, 6.07) is 12.6. The van der Waals surface area contributed by atoms with Crippen molar-refractivity contribution in [2.24, 2.45) is 0 Å². The van der Waals surface area contributed by atoms with Gasteiger partial charge >= 0.3 is 6.09 Å². The highest BCUT2D eigenvalue weighted by Gasteiger charge is 2.40. The van der Waals surface area contributed by atoms with Gasteiger partial charge in [-0.15, -0.1) is 5.10 Å². The minimum atomic E-state index is -0.538. The van der Waals surface area contributed by atoms with E-state index in [1.165, 1.54) is 11.0 Å². The van der Waals surface area contributed by atoms with E-state index in [2.05, 4.69) is 20.7 Å². The number of H-pyrrole nitrogens is 1. The van der Waals surface area contributed by atoms with Crippen LogP contribution in [0.15, 0.2) is 48.7 Å². The maximum absolute atomic E-state index is 14.8. The fourth-order valence-corrected chi connectivity index (χ4v) is 3.43. The summed E-state index contributed by atoms with van der Waals surface area (Å²) >= 11 is 0. The molecule has 1 fully saturated rings. The van der Waals surface area contributed by atoms with E-state index in [1.807, 2.05) is 38.1 Å². The molecule has 1 aromatic heterocycles. The number of nitrogens with zero attached hydrogens (tertiary/aromatic N) is 3. The second-order valence-corrected chi connectivity index (χ2v) is 7.69. The summed E-state index contributed by atoms with van der Waals surface area (Å²) in [4.78, 5) is 13.7. The maximum Gasteiger partial charge on any atom is 0.415 e. The van der Waals surface area contributed by atoms with E-state index >= 15 is 0 Å². The third-order valence-electron chi connectivity index (χ3n) is 5.43. The van der Waals surface area contributed by atoms with Gasteiger partial charge in [0.15, 0.2) is 0 Å². The van der Waals surface area contributed by atoms with Gasteiger partial charge in [0, 0.05) is 24.8 Å². The molecule has 1 saturated heterocycles. The standard InChI is InChI=1S/C22H24FN5O2/c1-3-22(2)14-28(21(29)30-22)18-8-9-19(20(23)10-18)16-6-4-15(5-7-16)11-24-12-17-13-25-27-26-17/h4-10,13,24H,3,11-12,14H2,1-2H3,(H,25,26,27)/t22-/m0/s1. The molecule has 3 aromatic rings. The van der Waals surface area contributed by atoms with Crippen molar-refractivity contribution in [3.05, 3.63) is 65.7 Å². The Balaban J connectivity index is 1.43. The Bertz CT molecular complexity index is 1020. The lowest BCUT2D eigenvalue weighted by atomic mass is 10.0. The first kappa shape index (κ1) is 20.0. The number of hydrogen-bond donors (Lipinski definition) is 2. The largest absolute Gasteiger partial charge is 0.441 e. The minimum Gasteiger partial charge on any atom is -0.441 e. The number of halogens is 1. The highest BCUT2D eigenvalue weighted by Crippen LogP contribution is 2.33. The number of carbonyl (C=O) groups excluding carboxylic acids is 1. The zero-order valence-electron chi connectivity index (χ0n) is 17.0. The molecular formula is C22H24FN5O2. The van der Waals surface area contributed by atoms with E-state index in [0.717, 1.165) is 16.8 Å². The quantitative estimate of drug-likeness (QED) is 0.616. The van der Waals surface area contributed by atoms with E-state index in [9.17, 15) is 9.18 Å². The molecule has 156 valence electrons. The number of carbonyl (C=O) groups is 1. The van der Waals surface area contributed by atoms with Crippen molar-refractivity contribution in [1.29, 1.82) is 0 Å². The maximum atomic E-state index is 14.8. The first-order valence-corrected chi connectivity index (χ1v) is 9.93. The van der Waals surface area contributed by atoms with E-state index in [-0.39, 0.29) is 5.82 Å². The Hall–Kier alpha value is -3.26. The number of ether oxygens (including phenoxy) is 1. The number of cyclic esters (lactones) is 1. The number of aromatic nitrogens is 3. The number of aromatic amines is 1. The molecule has 1 aliphatic rings. The van der Waals surface area contributed by atoms with Crippen molar-refractivity contribution in [2.75, 3.05) is 11.4 Å². The normalized spacial score (nSPS) is 18.6. The van der Waals surface area contributed by atoms with Crippen LogP contribution >= 0.6 is 0 Å². The van der Waals surface area contributed by atoms with Gasteiger partial charge in [-0.25, -0.2) is 9.18 Å². The number of amides is 1. The van der Waals surface area contributed by atoms with Crippen LogP contribution in [0.25, 0.3) is 11.1 Å². The summed E-state index contributed by atoms with van der Waals surface area (Å²) in [5, 5.41) is 13.5. The van der Waals surface area contributed by atoms with Crippen molar-refractivity contribution in [1.82, 2.24) is 20.7 Å². The predicted octanol–water partition coefficient (Wildman–Crippen LogP) is 4.03. The molecule has 30 heavy (non-hydrogen) atoms. The molecule has 0 aliphatic carbocycles. The lowest BCUT2D eigenvalue weighted by molar-refractivity contribution is 0.0692. The van der Waals surface area contributed by atoms with Crippen molar-refractivity contribution >= 4 is 11.8 Å². The lowest BCUT2D eigenvalue weighted by Crippen LogP contribution is -2.30. The summed E-state index contributed by atoms with van der Waals surface area (Å²) in [5.74, 6) is -0.373. The summed E-state index contributed by atoms with van der Waals surface area (Å²) in [7, 11) is 0. The van der Waals surface area contributed by atoms with Gasteiger partial charge in [0.1, 0.15) is 11.4 Å². The summed E-state index contributed by atoms with van der Waals surface area (Å²) in [6.07, 6.45) is 2.01. The minimum absolute atomic E-state index is 0.373. The van der Waals surface area contributed by atoms with Crippen LogP contribution in [0.4, 0.5) is 14.9 Å². The van der Waals surface area contributed by atoms with Crippen LogP contribution in [0, 0.1) is 5.82 Å². The van der Waals surface area contributed by atoms with E-state index in [4.69, 9.17) is 4.74 Å². The predicted molar refractivity (Wildman–Crippen MR) is 111 cm³/mol. The first-order chi connectivity index (χ1) is 14.5. The van der Waals surface area contributed by atoms with Crippen LogP contribution in [0.1, 0.15) is 31.5 Å². The molecule has 8 heteroatoms. The number of hydrogen-bond acceptors (Lipinski definition) is 5. The average molecular weight is 409 g/mol. The van der Waals surface area contributed by atoms with Crippen molar-refractivity contribution in [2.45, 2.75) is 39.0 Å². The van der Waals surface area contributed by atoms with Crippen molar-refractivity contribution < 1.29 is 13.9 Å². The molecular weight excluding hydrogens is 385 g/mol. The molecule has 0 saturated carbocycles. The number of anilines is 1. The first-order valence-electron chi connectivity index (χ1n) is 9.93. The highest BCUT2D eigenvalue weighted by molar-refractivity contribution is 5.90. The highest BCUT2D eigenvalue weighted by atomic mass is 19.1. The van der Waals surface area contributed by atoms with Gasteiger partial charge in [-0.3, -0.25) is 10.00 Å². The Kier molecular flexibility index (Phi) is 5.50. The topological polar surface area (TPSA) is 83.1 Å². The number of nitrogens with one attached hydrogen (secondary N) is 2. The van der Waals surface area contributed by atoms with Gasteiger partial charge in [-0.05, 0) is 42.7 Å². The molecule has 0 spiro atoms. The third kappa shape index (κ3) is 4.18. The van der Waals surface area contributed by atoms with Gasteiger partial charge in [-0.1, -0.05) is 36.4 Å². The molecule has 2 heterocycles. The van der Waals surface area contributed by atoms with Gasteiger partial charge in [0.2, 0.25) is 0 Å². The molecule has 7 nitrogen and oxygen atoms in total. The third-order valence-corrected chi connectivity index (χ3v) is 5.43. The summed E-state index contributed by atoms with van der Waals surface area (Å²) < 4.78 is 20.3. The smallest absolute Gasteiger partial charge is 0.415 e. The molecule has 1 amide bonds. The molecule has 2 aromatic carbocycles. The zero-order valence-corrected chi connectivity index (χ0v) is 17.0. The molecule has 0 bridgehead atoms. The van der Waals surface area contributed by atoms with Crippen LogP contribution < -0.4 is 10.2 Å². The van der Waals surface area contributed by atoms with Gasteiger partial charge in [-0.2, -0.15) is 0 Å². The molecule has 0 unspecified atom stereocenters. The second-order valence-electron chi connectivity index (χ2n) is 7.69. The Labute approximate surface area is 174 Å².